The molecule has 2 aromatic rings. The van der Waals surface area contributed by atoms with Crippen LogP contribution in [0.15, 0.2) is 30.5 Å². The van der Waals surface area contributed by atoms with Gasteiger partial charge in [0.25, 0.3) is 0 Å². The van der Waals surface area contributed by atoms with Gasteiger partial charge >= 0.3 is 0 Å². The maximum absolute atomic E-state index is 5.92. The molecular formula is C14H18N2O. The first-order valence-electron chi connectivity index (χ1n) is 6.02. The van der Waals surface area contributed by atoms with Gasteiger partial charge in [0.15, 0.2) is 0 Å². The molecule has 0 saturated heterocycles. The SMILES string of the molecule is CCCC(C)Oc1ccc(N)c2cccnc12. The smallest absolute Gasteiger partial charge is 0.146 e. The molecule has 3 nitrogen and oxygen atoms in total. The molecule has 17 heavy (non-hydrogen) atoms. The highest BCUT2D eigenvalue weighted by molar-refractivity contribution is 5.94. The van der Waals surface area contributed by atoms with Crippen LogP contribution in [0.1, 0.15) is 26.7 Å². The number of nitrogens with two attached hydrogens (primary N) is 1. The van der Waals surface area contributed by atoms with Crippen molar-refractivity contribution in [3.63, 3.8) is 0 Å². The first-order chi connectivity index (χ1) is 8.22. The van der Waals surface area contributed by atoms with E-state index in [2.05, 4.69) is 18.8 Å². The van der Waals surface area contributed by atoms with E-state index in [0.717, 1.165) is 35.2 Å². The molecule has 0 fully saturated rings. The summed E-state index contributed by atoms with van der Waals surface area (Å²) in [6.45, 7) is 4.23. The first kappa shape index (κ1) is 11.7. The lowest BCUT2D eigenvalue weighted by Gasteiger charge is -2.15. The van der Waals surface area contributed by atoms with Crippen molar-refractivity contribution < 1.29 is 4.74 Å². The van der Waals surface area contributed by atoms with Gasteiger partial charge in [0.05, 0.1) is 6.10 Å². The third-order valence-corrected chi connectivity index (χ3v) is 2.79. The van der Waals surface area contributed by atoms with Crippen LogP contribution in [-0.2, 0) is 0 Å². The summed E-state index contributed by atoms with van der Waals surface area (Å²) in [7, 11) is 0. The molecule has 1 unspecified atom stereocenters. The van der Waals surface area contributed by atoms with E-state index in [4.69, 9.17) is 10.5 Å². The summed E-state index contributed by atoms with van der Waals surface area (Å²) in [5, 5.41) is 0.952. The van der Waals surface area contributed by atoms with E-state index in [0.29, 0.717) is 0 Å². The van der Waals surface area contributed by atoms with Gasteiger partial charge in [0.2, 0.25) is 0 Å². The Hall–Kier alpha value is -1.77. The van der Waals surface area contributed by atoms with Gasteiger partial charge in [-0.05, 0) is 37.6 Å². The highest BCUT2D eigenvalue weighted by atomic mass is 16.5. The van der Waals surface area contributed by atoms with Gasteiger partial charge < -0.3 is 10.5 Å². The van der Waals surface area contributed by atoms with Crippen LogP contribution in [0.5, 0.6) is 5.75 Å². The fraction of sp³-hybridized carbons (Fsp3) is 0.357. The van der Waals surface area contributed by atoms with Crippen molar-refractivity contribution >= 4 is 16.6 Å². The second-order valence-corrected chi connectivity index (χ2v) is 4.27. The van der Waals surface area contributed by atoms with Crippen LogP contribution in [0.25, 0.3) is 10.9 Å². The maximum atomic E-state index is 5.92. The van der Waals surface area contributed by atoms with E-state index in [9.17, 15) is 0 Å². The quantitative estimate of drug-likeness (QED) is 0.819. The number of hydrogen-bond donors (Lipinski definition) is 1. The fourth-order valence-electron chi connectivity index (χ4n) is 1.95. The molecule has 0 aliphatic heterocycles. The molecule has 2 rings (SSSR count). The molecule has 0 bridgehead atoms. The molecular weight excluding hydrogens is 212 g/mol. The van der Waals surface area contributed by atoms with Crippen LogP contribution in [0.3, 0.4) is 0 Å². The standard InChI is InChI=1S/C14H18N2O/c1-3-5-10(2)17-13-8-7-12(15)11-6-4-9-16-14(11)13/h4,6-10H,3,5,15H2,1-2H3. The topological polar surface area (TPSA) is 48.1 Å². The first-order valence-corrected chi connectivity index (χ1v) is 6.02. The molecule has 1 aromatic heterocycles. The molecule has 0 radical (unpaired) electrons. The predicted octanol–water partition coefficient (Wildman–Crippen LogP) is 3.38. The summed E-state index contributed by atoms with van der Waals surface area (Å²) in [5.41, 5.74) is 7.50. The van der Waals surface area contributed by atoms with Crippen molar-refractivity contribution in [2.45, 2.75) is 32.8 Å². The van der Waals surface area contributed by atoms with Gasteiger partial charge in [-0.3, -0.25) is 4.98 Å². The maximum Gasteiger partial charge on any atom is 0.146 e. The van der Waals surface area contributed by atoms with Gasteiger partial charge in [-0.15, -0.1) is 0 Å². The molecule has 0 saturated carbocycles. The fourth-order valence-corrected chi connectivity index (χ4v) is 1.95. The Bertz CT molecular complexity index is 511. The minimum absolute atomic E-state index is 0.203. The Kier molecular flexibility index (Phi) is 3.47. The summed E-state index contributed by atoms with van der Waals surface area (Å²) in [5.74, 6) is 0.816. The second kappa shape index (κ2) is 5.04. The molecule has 0 amide bonds. The summed E-state index contributed by atoms with van der Waals surface area (Å²) < 4.78 is 5.90. The average molecular weight is 230 g/mol. The lowest BCUT2D eigenvalue weighted by molar-refractivity contribution is 0.212. The van der Waals surface area contributed by atoms with E-state index >= 15 is 0 Å². The van der Waals surface area contributed by atoms with Gasteiger partial charge in [-0.25, -0.2) is 0 Å². The van der Waals surface area contributed by atoms with Crippen molar-refractivity contribution in [1.29, 1.82) is 0 Å². The Labute approximate surface area is 102 Å². The molecule has 1 aromatic carbocycles. The average Bonchev–Trinajstić information content (AvgIpc) is 2.34. The van der Waals surface area contributed by atoms with Crippen molar-refractivity contribution in [1.82, 2.24) is 4.98 Å². The second-order valence-electron chi connectivity index (χ2n) is 4.27. The van der Waals surface area contributed by atoms with Crippen LogP contribution >= 0.6 is 0 Å². The molecule has 90 valence electrons. The number of fused-ring (bicyclic) bond motifs is 1. The van der Waals surface area contributed by atoms with Crippen LogP contribution in [0.2, 0.25) is 0 Å². The number of anilines is 1. The largest absolute Gasteiger partial charge is 0.488 e. The minimum atomic E-state index is 0.203. The Balaban J connectivity index is 2.38. The molecule has 2 N–H and O–H groups in total. The number of hydrogen-bond acceptors (Lipinski definition) is 3. The van der Waals surface area contributed by atoms with Crippen molar-refractivity contribution in [3.05, 3.63) is 30.5 Å². The highest BCUT2D eigenvalue weighted by Crippen LogP contribution is 2.29. The Morgan fingerprint density at radius 1 is 1.35 bits per heavy atom. The van der Waals surface area contributed by atoms with Gasteiger partial charge in [-0.2, -0.15) is 0 Å². The number of benzene rings is 1. The van der Waals surface area contributed by atoms with Crippen LogP contribution in [0, 0.1) is 0 Å². The zero-order valence-corrected chi connectivity index (χ0v) is 10.3. The number of ether oxygens (including phenoxy) is 1. The zero-order valence-electron chi connectivity index (χ0n) is 10.3. The van der Waals surface area contributed by atoms with Crippen LogP contribution in [-0.4, -0.2) is 11.1 Å². The molecule has 0 aliphatic rings. The van der Waals surface area contributed by atoms with E-state index in [1.807, 2.05) is 24.3 Å². The number of nitrogens with zero attached hydrogens (tertiary/aromatic N) is 1. The van der Waals surface area contributed by atoms with Crippen LogP contribution in [0.4, 0.5) is 5.69 Å². The number of rotatable bonds is 4. The Morgan fingerprint density at radius 3 is 2.94 bits per heavy atom. The normalized spacial score (nSPS) is 12.6. The van der Waals surface area contributed by atoms with Gasteiger partial charge in [0.1, 0.15) is 11.3 Å². The molecule has 0 spiro atoms. The third kappa shape index (κ3) is 2.49. The lowest BCUT2D eigenvalue weighted by Crippen LogP contribution is -2.11. The van der Waals surface area contributed by atoms with Gasteiger partial charge in [0, 0.05) is 17.3 Å². The monoisotopic (exact) mass is 230 g/mol. The minimum Gasteiger partial charge on any atom is -0.488 e. The molecule has 1 heterocycles. The predicted molar refractivity (Wildman–Crippen MR) is 71.2 cm³/mol. The van der Waals surface area contributed by atoms with E-state index in [-0.39, 0.29) is 6.10 Å². The summed E-state index contributed by atoms with van der Waals surface area (Å²) in [4.78, 5) is 4.35. The zero-order chi connectivity index (χ0) is 12.3. The van der Waals surface area contributed by atoms with Crippen molar-refractivity contribution in [2.24, 2.45) is 0 Å². The number of pyridine rings is 1. The third-order valence-electron chi connectivity index (χ3n) is 2.79. The molecule has 3 heteroatoms. The van der Waals surface area contributed by atoms with E-state index in [1.165, 1.54) is 0 Å². The number of aromatic nitrogens is 1. The van der Waals surface area contributed by atoms with E-state index < -0.39 is 0 Å². The lowest BCUT2D eigenvalue weighted by atomic mass is 10.1. The van der Waals surface area contributed by atoms with Crippen molar-refractivity contribution in [3.8, 4) is 5.75 Å². The highest BCUT2D eigenvalue weighted by Gasteiger charge is 2.09. The summed E-state index contributed by atoms with van der Waals surface area (Å²) >= 11 is 0. The van der Waals surface area contributed by atoms with Crippen molar-refractivity contribution in [2.75, 3.05) is 5.73 Å². The Morgan fingerprint density at radius 2 is 2.18 bits per heavy atom. The van der Waals surface area contributed by atoms with Gasteiger partial charge in [-0.1, -0.05) is 13.3 Å². The molecule has 0 aliphatic carbocycles. The van der Waals surface area contributed by atoms with E-state index in [1.54, 1.807) is 6.20 Å². The van der Waals surface area contributed by atoms with Crippen LogP contribution < -0.4 is 10.5 Å². The summed E-state index contributed by atoms with van der Waals surface area (Å²) in [6.07, 6.45) is 4.12. The number of nitrogen functional groups attached to an aromatic ring is 1. The summed E-state index contributed by atoms with van der Waals surface area (Å²) in [6, 6.07) is 7.63. The molecule has 1 atom stereocenters.